The molecule has 0 aliphatic carbocycles. The molecule has 2 N–H and O–H groups in total. The van der Waals surface area contributed by atoms with Crippen molar-refractivity contribution in [2.45, 2.75) is 13.5 Å². The topological polar surface area (TPSA) is 140 Å². The molecule has 11 heteroatoms. The smallest absolute Gasteiger partial charge is 0.298 e. The van der Waals surface area contributed by atoms with Gasteiger partial charge in [-0.3, -0.25) is 29.0 Å². The summed E-state index contributed by atoms with van der Waals surface area (Å²) in [5.41, 5.74) is 4.37. The Hall–Kier alpha value is -4.54. The molecule has 0 fully saturated rings. The lowest BCUT2D eigenvalue weighted by molar-refractivity contribution is -0.384. The van der Waals surface area contributed by atoms with Crippen molar-refractivity contribution in [2.24, 2.45) is 12.1 Å². The number of H-pyrrole nitrogens is 1. The van der Waals surface area contributed by atoms with Crippen LogP contribution in [-0.4, -0.2) is 29.7 Å². The number of imidazole rings is 1. The van der Waals surface area contributed by atoms with Crippen molar-refractivity contribution < 1.29 is 4.92 Å². The Morgan fingerprint density at radius 2 is 1.84 bits per heavy atom. The zero-order valence-corrected chi connectivity index (χ0v) is 17.3. The standard InChI is InChI=1S/C21H19N7O4/c1-13(15-8-10-16(11-9-15)28(31)32)24-25-20-22-18-17(19(29)23-21(30)26(18)2)27(20)12-14-6-4-3-5-7-14/h3-11H,12H2,1-2H3,(H,22,25)(H,23,29,30)/b24-13-. The van der Waals surface area contributed by atoms with E-state index in [2.05, 4.69) is 20.5 Å². The van der Waals surface area contributed by atoms with E-state index in [9.17, 15) is 19.7 Å². The molecule has 0 bridgehead atoms. The van der Waals surface area contributed by atoms with Gasteiger partial charge in [-0.05, 0) is 30.2 Å². The van der Waals surface area contributed by atoms with Gasteiger partial charge in [-0.2, -0.15) is 10.1 Å². The summed E-state index contributed by atoms with van der Waals surface area (Å²) in [6.07, 6.45) is 0. The lowest BCUT2D eigenvalue weighted by Gasteiger charge is -2.09. The number of rotatable bonds is 6. The van der Waals surface area contributed by atoms with Crippen molar-refractivity contribution in [3.05, 3.63) is 96.7 Å². The number of aromatic amines is 1. The first-order valence-electron chi connectivity index (χ1n) is 9.63. The molecule has 2 heterocycles. The molecule has 2 aromatic carbocycles. The minimum atomic E-state index is -0.566. The summed E-state index contributed by atoms with van der Waals surface area (Å²) in [6.45, 7) is 2.06. The van der Waals surface area contributed by atoms with Crippen LogP contribution in [0.2, 0.25) is 0 Å². The summed E-state index contributed by atoms with van der Waals surface area (Å²) in [7, 11) is 1.52. The average Bonchev–Trinajstić information content (AvgIpc) is 3.15. The number of benzene rings is 2. The monoisotopic (exact) mass is 433 g/mol. The van der Waals surface area contributed by atoms with Gasteiger partial charge < -0.3 is 0 Å². The predicted molar refractivity (Wildman–Crippen MR) is 120 cm³/mol. The van der Waals surface area contributed by atoms with Gasteiger partial charge in [0.1, 0.15) is 0 Å². The fourth-order valence-electron chi connectivity index (χ4n) is 3.26. The van der Waals surface area contributed by atoms with E-state index in [0.29, 0.717) is 17.8 Å². The molecule has 162 valence electrons. The number of aryl methyl sites for hydroxylation is 1. The molecule has 0 amide bonds. The molecular formula is C21H19N7O4. The Bertz CT molecular complexity index is 1450. The first-order chi connectivity index (χ1) is 15.3. The molecule has 0 unspecified atom stereocenters. The summed E-state index contributed by atoms with van der Waals surface area (Å²) in [6, 6.07) is 15.5. The largest absolute Gasteiger partial charge is 0.329 e. The number of hydrogen-bond acceptors (Lipinski definition) is 7. The fraction of sp³-hybridized carbons (Fsp3) is 0.143. The van der Waals surface area contributed by atoms with E-state index in [0.717, 1.165) is 5.56 Å². The van der Waals surface area contributed by atoms with Crippen LogP contribution in [0, 0.1) is 10.1 Å². The van der Waals surface area contributed by atoms with E-state index in [-0.39, 0.29) is 22.8 Å². The predicted octanol–water partition coefficient (Wildman–Crippen LogP) is 2.22. The lowest BCUT2D eigenvalue weighted by Crippen LogP contribution is -2.29. The first kappa shape index (κ1) is 20.7. The van der Waals surface area contributed by atoms with Crippen molar-refractivity contribution in [1.82, 2.24) is 19.1 Å². The highest BCUT2D eigenvalue weighted by Gasteiger charge is 2.17. The Morgan fingerprint density at radius 1 is 1.16 bits per heavy atom. The molecule has 32 heavy (non-hydrogen) atoms. The van der Waals surface area contributed by atoms with Gasteiger partial charge in [0.2, 0.25) is 5.95 Å². The molecule has 0 radical (unpaired) electrons. The maximum atomic E-state index is 12.6. The third kappa shape index (κ3) is 3.90. The van der Waals surface area contributed by atoms with Gasteiger partial charge in [-0.1, -0.05) is 30.3 Å². The molecule has 0 aliphatic rings. The number of anilines is 1. The molecule has 4 aromatic rings. The normalized spacial score (nSPS) is 11.6. The van der Waals surface area contributed by atoms with Gasteiger partial charge in [0.05, 0.1) is 17.2 Å². The third-order valence-electron chi connectivity index (χ3n) is 5.01. The quantitative estimate of drug-likeness (QED) is 0.271. The van der Waals surface area contributed by atoms with Crippen LogP contribution >= 0.6 is 0 Å². The Labute approximate surface area is 180 Å². The van der Waals surface area contributed by atoms with E-state index in [1.165, 1.54) is 23.7 Å². The number of nitro benzene ring substituents is 1. The summed E-state index contributed by atoms with van der Waals surface area (Å²) >= 11 is 0. The van der Waals surface area contributed by atoms with Crippen LogP contribution in [0.1, 0.15) is 18.1 Å². The van der Waals surface area contributed by atoms with E-state index in [1.54, 1.807) is 23.6 Å². The SMILES string of the molecule is C/C(=N/Nc1nc2c(c(=O)[nH]c(=O)n2C)n1Cc1ccccc1)c1ccc([N+](=O)[O-])cc1. The molecular weight excluding hydrogens is 414 g/mol. The number of hydrogen-bond donors (Lipinski definition) is 2. The summed E-state index contributed by atoms with van der Waals surface area (Å²) in [5, 5.41) is 15.2. The van der Waals surface area contributed by atoms with Gasteiger partial charge in [-0.15, -0.1) is 0 Å². The van der Waals surface area contributed by atoms with Crippen molar-refractivity contribution in [2.75, 3.05) is 5.43 Å². The van der Waals surface area contributed by atoms with Crippen LogP contribution in [0.3, 0.4) is 0 Å². The van der Waals surface area contributed by atoms with Crippen molar-refractivity contribution in [1.29, 1.82) is 0 Å². The zero-order chi connectivity index (χ0) is 22.8. The molecule has 0 aliphatic heterocycles. The van der Waals surface area contributed by atoms with E-state index < -0.39 is 16.2 Å². The van der Waals surface area contributed by atoms with Crippen LogP contribution in [0.25, 0.3) is 11.2 Å². The molecule has 2 aromatic heterocycles. The van der Waals surface area contributed by atoms with Crippen molar-refractivity contribution in [3.8, 4) is 0 Å². The molecule has 0 atom stereocenters. The maximum absolute atomic E-state index is 12.6. The minimum absolute atomic E-state index is 0.0145. The summed E-state index contributed by atoms with van der Waals surface area (Å²) in [5.74, 6) is 0.275. The molecule has 11 nitrogen and oxygen atoms in total. The van der Waals surface area contributed by atoms with Crippen LogP contribution in [-0.2, 0) is 13.6 Å². The highest BCUT2D eigenvalue weighted by molar-refractivity contribution is 5.99. The first-order valence-corrected chi connectivity index (χ1v) is 9.63. The van der Waals surface area contributed by atoms with Gasteiger partial charge in [-0.25, -0.2) is 10.2 Å². The molecule has 4 rings (SSSR count). The Balaban J connectivity index is 1.76. The van der Waals surface area contributed by atoms with E-state index in [1.807, 2.05) is 30.3 Å². The van der Waals surface area contributed by atoms with Crippen LogP contribution in [0.15, 0.2) is 69.3 Å². The van der Waals surface area contributed by atoms with Gasteiger partial charge in [0.25, 0.3) is 11.2 Å². The summed E-state index contributed by atoms with van der Waals surface area (Å²) < 4.78 is 2.91. The molecule has 0 saturated carbocycles. The highest BCUT2D eigenvalue weighted by atomic mass is 16.6. The second kappa shape index (κ2) is 8.30. The second-order valence-electron chi connectivity index (χ2n) is 7.11. The minimum Gasteiger partial charge on any atom is -0.298 e. The Kier molecular flexibility index (Phi) is 5.37. The van der Waals surface area contributed by atoms with Gasteiger partial charge in [0.15, 0.2) is 11.2 Å². The molecule has 0 saturated heterocycles. The third-order valence-corrected chi connectivity index (χ3v) is 5.01. The number of nitrogens with zero attached hydrogens (tertiary/aromatic N) is 5. The van der Waals surface area contributed by atoms with E-state index in [4.69, 9.17) is 0 Å². The number of hydrazone groups is 1. The number of nitro groups is 1. The van der Waals surface area contributed by atoms with Crippen molar-refractivity contribution in [3.63, 3.8) is 0 Å². The fourth-order valence-corrected chi connectivity index (χ4v) is 3.26. The number of non-ortho nitro benzene ring substituents is 1. The molecule has 0 spiro atoms. The van der Waals surface area contributed by atoms with Gasteiger partial charge in [0, 0.05) is 19.2 Å². The number of fused-ring (bicyclic) bond motifs is 1. The van der Waals surface area contributed by atoms with Crippen LogP contribution in [0.5, 0.6) is 0 Å². The maximum Gasteiger partial charge on any atom is 0.329 e. The van der Waals surface area contributed by atoms with Gasteiger partial charge >= 0.3 is 5.69 Å². The van der Waals surface area contributed by atoms with Crippen LogP contribution < -0.4 is 16.7 Å². The number of nitrogens with one attached hydrogen (secondary N) is 2. The van der Waals surface area contributed by atoms with E-state index >= 15 is 0 Å². The second-order valence-corrected chi connectivity index (χ2v) is 7.11. The number of aromatic nitrogens is 4. The highest BCUT2D eigenvalue weighted by Crippen LogP contribution is 2.18. The average molecular weight is 433 g/mol. The Morgan fingerprint density at radius 3 is 2.50 bits per heavy atom. The van der Waals surface area contributed by atoms with Crippen molar-refractivity contribution >= 4 is 28.5 Å². The summed E-state index contributed by atoms with van der Waals surface area (Å²) in [4.78, 5) is 41.7. The van der Waals surface area contributed by atoms with Crippen LogP contribution in [0.4, 0.5) is 11.6 Å². The lowest BCUT2D eigenvalue weighted by atomic mass is 10.1. The zero-order valence-electron chi connectivity index (χ0n) is 17.3.